The molecule has 0 aliphatic heterocycles. The Hall–Kier alpha value is -2.62. The average Bonchev–Trinajstić information content (AvgIpc) is 2.48. The number of nitrogens with one attached hydrogen (secondary N) is 1. The molecule has 0 amide bonds. The number of anilines is 1. The van der Waals surface area contributed by atoms with E-state index in [4.69, 9.17) is 0 Å². The summed E-state index contributed by atoms with van der Waals surface area (Å²) in [6, 6.07) is 11.7. The number of pyridine rings is 2. The molecule has 0 aliphatic carbocycles. The maximum absolute atomic E-state index is 11.3. The largest absolute Gasteiger partial charge is 0.380 e. The van der Waals surface area contributed by atoms with Gasteiger partial charge in [0.25, 0.3) is 0 Å². The van der Waals surface area contributed by atoms with Crippen molar-refractivity contribution in [3.63, 3.8) is 0 Å². The van der Waals surface area contributed by atoms with Gasteiger partial charge in [-0.3, -0.25) is 9.78 Å². The van der Waals surface area contributed by atoms with Crippen LogP contribution in [-0.4, -0.2) is 9.55 Å². The van der Waals surface area contributed by atoms with Crippen LogP contribution < -0.4 is 10.9 Å². The topological polar surface area (TPSA) is 46.9 Å². The molecule has 0 bridgehead atoms. The summed E-state index contributed by atoms with van der Waals surface area (Å²) in [5.41, 5.74) is 2.12. The van der Waals surface area contributed by atoms with Crippen molar-refractivity contribution >= 4 is 16.5 Å². The Morgan fingerprint density at radius 3 is 2.90 bits per heavy atom. The van der Waals surface area contributed by atoms with E-state index in [1.165, 1.54) is 10.9 Å². The molecule has 0 unspecified atom stereocenters. The monoisotopic (exact) mass is 265 g/mol. The van der Waals surface area contributed by atoms with E-state index in [-0.39, 0.29) is 5.56 Å². The Bertz CT molecular complexity index is 808. The molecule has 0 spiro atoms. The van der Waals surface area contributed by atoms with Crippen LogP contribution in [0, 0.1) is 0 Å². The van der Waals surface area contributed by atoms with Crippen molar-refractivity contribution in [2.75, 3.05) is 5.32 Å². The standard InChI is InChI=1S/C16H15N3O/c1-19-11-15(4-5-16(19)20)18-9-12-2-3-14-10-17-7-6-13(14)8-12/h2-8,10-11,18H,9H2,1H3. The molecule has 100 valence electrons. The van der Waals surface area contributed by atoms with Crippen LogP contribution in [0.15, 0.2) is 59.8 Å². The van der Waals surface area contributed by atoms with Crippen LogP contribution in [0.4, 0.5) is 5.69 Å². The van der Waals surface area contributed by atoms with E-state index in [1.807, 2.05) is 12.3 Å². The first-order valence-corrected chi connectivity index (χ1v) is 6.45. The number of nitrogens with zero attached hydrogens (tertiary/aromatic N) is 2. The highest BCUT2D eigenvalue weighted by atomic mass is 16.1. The summed E-state index contributed by atoms with van der Waals surface area (Å²) in [6.45, 7) is 0.719. The summed E-state index contributed by atoms with van der Waals surface area (Å²) in [5, 5.41) is 5.64. The zero-order valence-corrected chi connectivity index (χ0v) is 11.2. The molecule has 3 aromatic rings. The van der Waals surface area contributed by atoms with E-state index in [1.54, 1.807) is 36.1 Å². The molecule has 1 N–H and O–H groups in total. The molecule has 3 rings (SSSR count). The van der Waals surface area contributed by atoms with E-state index in [9.17, 15) is 4.79 Å². The third kappa shape index (κ3) is 2.54. The Morgan fingerprint density at radius 2 is 2.05 bits per heavy atom. The number of rotatable bonds is 3. The van der Waals surface area contributed by atoms with Gasteiger partial charge in [0.05, 0.1) is 5.69 Å². The fraction of sp³-hybridized carbons (Fsp3) is 0.125. The lowest BCUT2D eigenvalue weighted by molar-refractivity contribution is 0.859. The number of aromatic nitrogens is 2. The Kier molecular flexibility index (Phi) is 3.21. The average molecular weight is 265 g/mol. The Labute approximate surface area is 116 Å². The Morgan fingerprint density at radius 1 is 1.15 bits per heavy atom. The van der Waals surface area contributed by atoms with Gasteiger partial charge in [-0.1, -0.05) is 12.1 Å². The van der Waals surface area contributed by atoms with Gasteiger partial charge in [0, 0.05) is 43.6 Å². The smallest absolute Gasteiger partial charge is 0.250 e. The first kappa shape index (κ1) is 12.4. The summed E-state index contributed by atoms with van der Waals surface area (Å²) in [5.74, 6) is 0. The van der Waals surface area contributed by atoms with Crippen LogP contribution in [0.1, 0.15) is 5.56 Å². The van der Waals surface area contributed by atoms with Gasteiger partial charge in [-0.2, -0.15) is 0 Å². The van der Waals surface area contributed by atoms with Gasteiger partial charge < -0.3 is 9.88 Å². The Balaban J connectivity index is 1.79. The molecular weight excluding hydrogens is 250 g/mol. The van der Waals surface area contributed by atoms with Gasteiger partial charge >= 0.3 is 0 Å². The maximum Gasteiger partial charge on any atom is 0.250 e. The molecule has 4 nitrogen and oxygen atoms in total. The SMILES string of the molecule is Cn1cc(NCc2ccc3cnccc3c2)ccc1=O. The summed E-state index contributed by atoms with van der Waals surface area (Å²) in [7, 11) is 1.75. The third-order valence-electron chi connectivity index (χ3n) is 3.29. The summed E-state index contributed by atoms with van der Waals surface area (Å²) in [4.78, 5) is 15.4. The zero-order valence-electron chi connectivity index (χ0n) is 11.2. The van der Waals surface area contributed by atoms with Crippen LogP contribution in [0.25, 0.3) is 10.8 Å². The molecule has 1 aromatic carbocycles. The van der Waals surface area contributed by atoms with Crippen molar-refractivity contribution in [1.29, 1.82) is 0 Å². The van der Waals surface area contributed by atoms with Gasteiger partial charge in [0.1, 0.15) is 0 Å². The molecule has 0 atom stereocenters. The van der Waals surface area contributed by atoms with E-state index in [0.29, 0.717) is 0 Å². The second-order valence-electron chi connectivity index (χ2n) is 4.78. The minimum absolute atomic E-state index is 0.00578. The molecule has 20 heavy (non-hydrogen) atoms. The minimum Gasteiger partial charge on any atom is -0.380 e. The molecule has 0 radical (unpaired) electrons. The molecule has 0 fully saturated rings. The van der Waals surface area contributed by atoms with Crippen LogP contribution in [0.3, 0.4) is 0 Å². The number of hydrogen-bond donors (Lipinski definition) is 1. The van der Waals surface area contributed by atoms with Gasteiger partial charge in [-0.25, -0.2) is 0 Å². The number of aryl methyl sites for hydroxylation is 1. The molecule has 0 saturated heterocycles. The highest BCUT2D eigenvalue weighted by Gasteiger charge is 1.98. The van der Waals surface area contributed by atoms with Crippen molar-refractivity contribution in [3.05, 3.63) is 70.9 Å². The predicted molar refractivity (Wildman–Crippen MR) is 80.8 cm³/mol. The summed E-state index contributed by atoms with van der Waals surface area (Å²) in [6.07, 6.45) is 5.46. The molecule has 2 heterocycles. The van der Waals surface area contributed by atoms with Crippen molar-refractivity contribution in [1.82, 2.24) is 9.55 Å². The van der Waals surface area contributed by atoms with E-state index in [0.717, 1.165) is 17.6 Å². The molecular formula is C16H15N3O. The van der Waals surface area contributed by atoms with Crippen LogP contribution >= 0.6 is 0 Å². The quantitative estimate of drug-likeness (QED) is 0.791. The summed E-state index contributed by atoms with van der Waals surface area (Å²) >= 11 is 0. The molecule has 0 saturated carbocycles. The zero-order chi connectivity index (χ0) is 13.9. The summed E-state index contributed by atoms with van der Waals surface area (Å²) < 4.78 is 1.56. The van der Waals surface area contributed by atoms with Gasteiger partial charge in [-0.15, -0.1) is 0 Å². The molecule has 0 aliphatic rings. The van der Waals surface area contributed by atoms with Crippen molar-refractivity contribution < 1.29 is 0 Å². The fourth-order valence-electron chi connectivity index (χ4n) is 2.15. The first-order chi connectivity index (χ1) is 9.72. The lowest BCUT2D eigenvalue weighted by Gasteiger charge is -2.08. The van der Waals surface area contributed by atoms with Crippen LogP contribution in [0.2, 0.25) is 0 Å². The predicted octanol–water partition coefficient (Wildman–Crippen LogP) is 2.55. The lowest BCUT2D eigenvalue weighted by atomic mass is 10.1. The van der Waals surface area contributed by atoms with Crippen molar-refractivity contribution in [2.24, 2.45) is 7.05 Å². The highest BCUT2D eigenvalue weighted by molar-refractivity contribution is 5.82. The minimum atomic E-state index is -0.00578. The highest BCUT2D eigenvalue weighted by Crippen LogP contribution is 2.15. The first-order valence-electron chi connectivity index (χ1n) is 6.45. The third-order valence-corrected chi connectivity index (χ3v) is 3.29. The van der Waals surface area contributed by atoms with Gasteiger partial charge in [-0.05, 0) is 29.1 Å². The number of benzene rings is 1. The molecule has 2 aromatic heterocycles. The second kappa shape index (κ2) is 5.17. The van der Waals surface area contributed by atoms with E-state index < -0.39 is 0 Å². The number of fused-ring (bicyclic) bond motifs is 1. The maximum atomic E-state index is 11.3. The van der Waals surface area contributed by atoms with Crippen LogP contribution in [-0.2, 0) is 13.6 Å². The van der Waals surface area contributed by atoms with E-state index >= 15 is 0 Å². The van der Waals surface area contributed by atoms with Crippen molar-refractivity contribution in [2.45, 2.75) is 6.54 Å². The normalized spacial score (nSPS) is 10.7. The van der Waals surface area contributed by atoms with Gasteiger partial charge in [0.15, 0.2) is 0 Å². The van der Waals surface area contributed by atoms with Crippen molar-refractivity contribution in [3.8, 4) is 0 Å². The number of hydrogen-bond acceptors (Lipinski definition) is 3. The lowest BCUT2D eigenvalue weighted by Crippen LogP contribution is -2.15. The van der Waals surface area contributed by atoms with Crippen LogP contribution in [0.5, 0.6) is 0 Å². The van der Waals surface area contributed by atoms with E-state index in [2.05, 4.69) is 28.5 Å². The van der Waals surface area contributed by atoms with Gasteiger partial charge in [0.2, 0.25) is 5.56 Å². The molecule has 4 heteroatoms. The second-order valence-corrected chi connectivity index (χ2v) is 4.78. The fourth-order valence-corrected chi connectivity index (χ4v) is 2.15.